The summed E-state index contributed by atoms with van der Waals surface area (Å²) in [4.78, 5) is 102. The number of esters is 1. The van der Waals surface area contributed by atoms with Crippen LogP contribution in [-0.2, 0) is 51.1 Å². The molecule has 3 N–H and O–H groups in total. The quantitative estimate of drug-likeness (QED) is 0.357. The lowest BCUT2D eigenvalue weighted by atomic mass is 9.99. The van der Waals surface area contributed by atoms with Crippen molar-refractivity contribution in [3.8, 4) is 0 Å². The van der Waals surface area contributed by atoms with Crippen LogP contribution in [0.3, 0.4) is 0 Å². The van der Waals surface area contributed by atoms with Gasteiger partial charge >= 0.3 is 5.97 Å². The molecule has 6 rings (SSSR count). The number of amides is 6. The van der Waals surface area contributed by atoms with Crippen molar-refractivity contribution < 1.29 is 38.3 Å². The van der Waals surface area contributed by atoms with Gasteiger partial charge in [0.05, 0.1) is 6.42 Å². The van der Waals surface area contributed by atoms with Crippen molar-refractivity contribution in [2.24, 2.45) is 5.92 Å². The summed E-state index contributed by atoms with van der Waals surface area (Å²) in [6.45, 7) is 3.69. The molecule has 0 aliphatic carbocycles. The second kappa shape index (κ2) is 17.7. The molecule has 294 valence electrons. The van der Waals surface area contributed by atoms with E-state index in [1.54, 1.807) is 31.2 Å². The van der Waals surface area contributed by atoms with Crippen LogP contribution in [0.15, 0.2) is 54.6 Å². The molecule has 4 fully saturated rings. The largest absolute Gasteiger partial charge is 0.461 e. The van der Waals surface area contributed by atoms with Crippen LogP contribution >= 0.6 is 11.6 Å². The number of carbonyl (C=O) groups excluding carboxylic acids is 7. The number of halogens is 1. The highest BCUT2D eigenvalue weighted by Gasteiger charge is 2.46. The third-order valence-corrected chi connectivity index (χ3v) is 11.2. The first-order chi connectivity index (χ1) is 26.4. The van der Waals surface area contributed by atoms with Gasteiger partial charge in [-0.05, 0) is 74.6 Å². The Balaban J connectivity index is 1.29. The molecule has 0 radical (unpaired) electrons. The van der Waals surface area contributed by atoms with Gasteiger partial charge in [0.25, 0.3) is 0 Å². The van der Waals surface area contributed by atoms with Crippen molar-refractivity contribution in [3.05, 3.63) is 70.7 Å². The fourth-order valence-corrected chi connectivity index (χ4v) is 8.21. The standard InChI is InChI=1S/C40H49ClN6O8/c1-24-19-33-40(54)55-23-30(44-35(49)29(20-26-9-4-3-5-10-26)43-34(48)21-27-13-15-28(41)16-14-27)38(52)46-18-8-12-32(46)39(53)45-17-7-6-11-31(45)36(50)42-25(2)37(51)47(33)22-24/h3-5,9-10,13-16,24-25,29-33H,6-8,11-12,17-23H2,1-2H3,(H,42,50)(H,43,48)(H,44,49)/t24-,25+,29+,30+,31+,32+,33+/m1/s1. The number of nitrogens with one attached hydrogen (secondary N) is 3. The maximum absolute atomic E-state index is 14.5. The molecule has 15 heteroatoms. The topological polar surface area (TPSA) is 175 Å². The van der Waals surface area contributed by atoms with Gasteiger partial charge in [-0.25, -0.2) is 4.79 Å². The SMILES string of the molecule is C[C@@H]1C[C@H]2C(=O)OC[C@H](NC(=O)[C@H](Cc3ccccc3)NC(=O)Cc3ccc(Cl)cc3)C(=O)N3CCC[C@H]3C(=O)N3CCCC[C@H]3C(=O)N[C@@H](C)C(=O)N2C1. The van der Waals surface area contributed by atoms with Gasteiger partial charge in [0.2, 0.25) is 35.4 Å². The van der Waals surface area contributed by atoms with Crippen LogP contribution in [-0.4, -0.2) is 119 Å². The molecular weight excluding hydrogens is 728 g/mol. The Morgan fingerprint density at radius 3 is 2.25 bits per heavy atom. The van der Waals surface area contributed by atoms with Gasteiger partial charge in [0.1, 0.15) is 42.9 Å². The van der Waals surface area contributed by atoms with Crippen LogP contribution in [0.25, 0.3) is 0 Å². The van der Waals surface area contributed by atoms with E-state index in [0.29, 0.717) is 55.7 Å². The summed E-state index contributed by atoms with van der Waals surface area (Å²) in [7, 11) is 0. The molecule has 0 spiro atoms. The molecular formula is C40H49ClN6O8. The average molecular weight is 777 g/mol. The first kappa shape index (κ1) is 39.7. The minimum atomic E-state index is -1.42. The normalized spacial score (nSPS) is 27.0. The Morgan fingerprint density at radius 1 is 0.818 bits per heavy atom. The van der Waals surface area contributed by atoms with E-state index < -0.39 is 78.4 Å². The molecule has 4 saturated heterocycles. The van der Waals surface area contributed by atoms with Gasteiger partial charge in [0, 0.05) is 31.1 Å². The Hall–Kier alpha value is -4.98. The van der Waals surface area contributed by atoms with Crippen LogP contribution < -0.4 is 16.0 Å². The Labute approximate surface area is 325 Å². The zero-order chi connectivity index (χ0) is 39.2. The van der Waals surface area contributed by atoms with Crippen LogP contribution in [0.1, 0.15) is 63.5 Å². The van der Waals surface area contributed by atoms with Crippen molar-refractivity contribution >= 4 is 53.0 Å². The van der Waals surface area contributed by atoms with E-state index in [2.05, 4.69) is 16.0 Å². The van der Waals surface area contributed by atoms with E-state index in [1.165, 1.54) is 14.7 Å². The van der Waals surface area contributed by atoms with Gasteiger partial charge in [-0.1, -0.05) is 61.0 Å². The summed E-state index contributed by atoms with van der Waals surface area (Å²) in [5, 5.41) is 8.87. The first-order valence-corrected chi connectivity index (χ1v) is 19.5. The number of hydrogen-bond acceptors (Lipinski definition) is 8. The maximum atomic E-state index is 14.5. The van der Waals surface area contributed by atoms with Crippen LogP contribution in [0.2, 0.25) is 5.02 Å². The minimum absolute atomic E-state index is 0.0313. The summed E-state index contributed by atoms with van der Waals surface area (Å²) in [5.74, 6) is -3.85. The number of fused-ring (bicyclic) bond motifs is 3. The summed E-state index contributed by atoms with van der Waals surface area (Å²) in [5.41, 5.74) is 1.44. The van der Waals surface area contributed by atoms with E-state index in [0.717, 1.165) is 5.56 Å². The predicted octanol–water partition coefficient (Wildman–Crippen LogP) is 1.77. The summed E-state index contributed by atoms with van der Waals surface area (Å²) in [6, 6.07) is 9.63. The van der Waals surface area contributed by atoms with Crippen molar-refractivity contribution in [1.82, 2.24) is 30.7 Å². The van der Waals surface area contributed by atoms with Crippen molar-refractivity contribution in [3.63, 3.8) is 0 Å². The fourth-order valence-electron chi connectivity index (χ4n) is 8.08. The molecule has 0 bridgehead atoms. The molecule has 55 heavy (non-hydrogen) atoms. The zero-order valence-electron chi connectivity index (χ0n) is 31.2. The smallest absolute Gasteiger partial charge is 0.328 e. The third-order valence-electron chi connectivity index (χ3n) is 10.9. The molecule has 4 aliphatic rings. The van der Waals surface area contributed by atoms with E-state index in [1.807, 2.05) is 37.3 Å². The highest BCUT2D eigenvalue weighted by Crippen LogP contribution is 2.28. The maximum Gasteiger partial charge on any atom is 0.328 e. The number of ether oxygens (including phenoxy) is 1. The Kier molecular flexibility index (Phi) is 12.7. The number of rotatable bonds is 7. The third kappa shape index (κ3) is 9.46. The molecule has 4 aliphatic heterocycles. The minimum Gasteiger partial charge on any atom is -0.461 e. The lowest BCUT2D eigenvalue weighted by molar-refractivity contribution is -0.158. The van der Waals surface area contributed by atoms with Crippen molar-refractivity contribution in [2.45, 2.75) is 101 Å². The molecule has 14 nitrogen and oxygen atoms in total. The lowest BCUT2D eigenvalue weighted by Crippen LogP contribution is -2.62. The Bertz CT molecular complexity index is 1780. The van der Waals surface area contributed by atoms with Gasteiger partial charge in [-0.3, -0.25) is 28.8 Å². The van der Waals surface area contributed by atoms with Crippen molar-refractivity contribution in [1.29, 1.82) is 0 Å². The van der Waals surface area contributed by atoms with Gasteiger partial charge < -0.3 is 35.4 Å². The molecule has 0 saturated carbocycles. The number of benzene rings is 2. The molecule has 0 unspecified atom stereocenters. The van der Waals surface area contributed by atoms with Gasteiger partial charge in [0.15, 0.2) is 0 Å². The van der Waals surface area contributed by atoms with E-state index >= 15 is 0 Å². The molecule has 6 amide bonds. The zero-order valence-corrected chi connectivity index (χ0v) is 32.0. The van der Waals surface area contributed by atoms with Gasteiger partial charge in [-0.15, -0.1) is 0 Å². The van der Waals surface area contributed by atoms with Gasteiger partial charge in [-0.2, -0.15) is 0 Å². The second-order valence-corrected chi connectivity index (χ2v) is 15.6. The van der Waals surface area contributed by atoms with Crippen molar-refractivity contribution in [2.75, 3.05) is 26.2 Å². The Morgan fingerprint density at radius 2 is 1.51 bits per heavy atom. The number of hydrogen-bond donors (Lipinski definition) is 3. The fraction of sp³-hybridized carbons (Fsp3) is 0.525. The number of carbonyl (C=O) groups is 7. The summed E-state index contributed by atoms with van der Waals surface area (Å²) >= 11 is 6.02. The number of piperidine rings is 1. The van der Waals surface area contributed by atoms with E-state index in [-0.39, 0.29) is 37.8 Å². The molecule has 7 atom stereocenters. The molecule has 0 aromatic heterocycles. The predicted molar refractivity (Wildman–Crippen MR) is 201 cm³/mol. The highest BCUT2D eigenvalue weighted by molar-refractivity contribution is 6.30. The van der Waals surface area contributed by atoms with Crippen LogP contribution in [0, 0.1) is 5.92 Å². The monoisotopic (exact) mass is 776 g/mol. The number of nitrogens with zero attached hydrogens (tertiary/aromatic N) is 3. The summed E-state index contributed by atoms with van der Waals surface area (Å²) in [6.07, 6.45) is 3.02. The first-order valence-electron chi connectivity index (χ1n) is 19.2. The molecule has 4 heterocycles. The summed E-state index contributed by atoms with van der Waals surface area (Å²) < 4.78 is 5.75. The molecule has 2 aromatic rings. The average Bonchev–Trinajstić information content (AvgIpc) is 3.83. The van der Waals surface area contributed by atoms with E-state index in [9.17, 15) is 33.6 Å². The van der Waals surface area contributed by atoms with E-state index in [4.69, 9.17) is 16.3 Å². The van der Waals surface area contributed by atoms with Crippen LogP contribution in [0.4, 0.5) is 0 Å². The van der Waals surface area contributed by atoms with Crippen LogP contribution in [0.5, 0.6) is 0 Å². The highest BCUT2D eigenvalue weighted by atomic mass is 35.5. The lowest BCUT2D eigenvalue weighted by Gasteiger charge is -2.39. The molecule has 2 aromatic carbocycles. The number of cyclic esters (lactones) is 1. The second-order valence-electron chi connectivity index (χ2n) is 15.1.